The number of rotatable bonds is 8. The van der Waals surface area contributed by atoms with E-state index >= 15 is 0 Å². The lowest BCUT2D eigenvalue weighted by Crippen LogP contribution is -2.24. The predicted octanol–water partition coefficient (Wildman–Crippen LogP) is 2.81. The molecule has 0 saturated carbocycles. The van der Waals surface area contributed by atoms with Gasteiger partial charge in [0.2, 0.25) is 0 Å². The second-order valence-corrected chi connectivity index (χ2v) is 6.26. The molecule has 0 unspecified atom stereocenters. The number of para-hydroxylation sites is 2. The van der Waals surface area contributed by atoms with E-state index in [-0.39, 0.29) is 11.3 Å². The number of methoxy groups -OCH3 is 1. The summed E-state index contributed by atoms with van der Waals surface area (Å²) in [6.45, 7) is 3.14. The van der Waals surface area contributed by atoms with Crippen molar-refractivity contribution in [1.82, 2.24) is 9.78 Å². The Balaban J connectivity index is 1.60. The minimum absolute atomic E-state index is 0.101. The monoisotopic (exact) mass is 381 g/mol. The number of ether oxygens (including phenoxy) is 2. The van der Waals surface area contributed by atoms with Crippen molar-refractivity contribution in [2.24, 2.45) is 0 Å². The number of aromatic nitrogens is 2. The van der Waals surface area contributed by atoms with Crippen LogP contribution in [-0.4, -0.2) is 35.1 Å². The highest BCUT2D eigenvalue weighted by atomic mass is 16.5. The minimum atomic E-state index is -0.176. The molecule has 1 aromatic heterocycles. The molecule has 0 aliphatic carbocycles. The molecule has 3 aromatic rings. The molecule has 146 valence electrons. The van der Waals surface area contributed by atoms with Gasteiger partial charge in [0.05, 0.1) is 20.2 Å². The maximum atomic E-state index is 12.1. The van der Waals surface area contributed by atoms with Gasteiger partial charge in [-0.2, -0.15) is 5.10 Å². The molecule has 0 spiro atoms. The lowest BCUT2D eigenvalue weighted by atomic mass is 10.1. The molecule has 28 heavy (non-hydrogen) atoms. The van der Waals surface area contributed by atoms with Crippen molar-refractivity contribution in [3.63, 3.8) is 0 Å². The number of phenolic OH excluding ortho intramolecular Hbond substituents is 1. The second kappa shape index (κ2) is 8.94. The van der Waals surface area contributed by atoms with Crippen LogP contribution in [0.5, 0.6) is 17.2 Å². The van der Waals surface area contributed by atoms with Crippen molar-refractivity contribution in [2.75, 3.05) is 25.6 Å². The number of benzene rings is 2. The van der Waals surface area contributed by atoms with Crippen LogP contribution in [0.4, 0.5) is 5.82 Å². The highest BCUT2D eigenvalue weighted by Crippen LogP contribution is 2.24. The minimum Gasteiger partial charge on any atom is -0.504 e. The highest BCUT2D eigenvalue weighted by molar-refractivity contribution is 5.38. The molecular formula is C21H23N3O4. The maximum Gasteiger partial charge on any atom is 0.267 e. The van der Waals surface area contributed by atoms with Crippen LogP contribution in [0.15, 0.2) is 59.4 Å². The molecule has 0 aliphatic rings. The summed E-state index contributed by atoms with van der Waals surface area (Å²) >= 11 is 0. The smallest absolute Gasteiger partial charge is 0.267 e. The average Bonchev–Trinajstić information content (AvgIpc) is 2.69. The number of phenols is 1. The van der Waals surface area contributed by atoms with Gasteiger partial charge in [0.15, 0.2) is 11.5 Å². The maximum absolute atomic E-state index is 12.1. The van der Waals surface area contributed by atoms with Crippen LogP contribution in [0.3, 0.4) is 0 Å². The Labute approximate surface area is 163 Å². The third-order valence-electron chi connectivity index (χ3n) is 4.19. The van der Waals surface area contributed by atoms with Gasteiger partial charge in [-0.3, -0.25) is 4.79 Å². The van der Waals surface area contributed by atoms with Gasteiger partial charge in [-0.25, -0.2) is 4.68 Å². The molecule has 0 aliphatic heterocycles. The fourth-order valence-corrected chi connectivity index (χ4v) is 2.79. The van der Waals surface area contributed by atoms with E-state index in [4.69, 9.17) is 9.47 Å². The Morgan fingerprint density at radius 3 is 2.68 bits per heavy atom. The molecule has 0 amide bonds. The van der Waals surface area contributed by atoms with E-state index in [1.165, 1.54) is 10.7 Å². The first-order valence-electron chi connectivity index (χ1n) is 8.93. The summed E-state index contributed by atoms with van der Waals surface area (Å²) in [5, 5.41) is 17.2. The molecule has 3 rings (SSSR count). The van der Waals surface area contributed by atoms with Gasteiger partial charge in [-0.15, -0.1) is 0 Å². The molecular weight excluding hydrogens is 358 g/mol. The van der Waals surface area contributed by atoms with Gasteiger partial charge < -0.3 is 19.9 Å². The Morgan fingerprint density at radius 1 is 1.11 bits per heavy atom. The fourth-order valence-electron chi connectivity index (χ4n) is 2.79. The van der Waals surface area contributed by atoms with E-state index in [1.54, 1.807) is 37.4 Å². The Kier molecular flexibility index (Phi) is 6.16. The third-order valence-corrected chi connectivity index (χ3v) is 4.19. The van der Waals surface area contributed by atoms with Gasteiger partial charge in [-0.05, 0) is 42.3 Å². The first kappa shape index (κ1) is 19.3. The lowest BCUT2D eigenvalue weighted by Gasteiger charge is -2.11. The van der Waals surface area contributed by atoms with Gasteiger partial charge in [0.1, 0.15) is 18.2 Å². The van der Waals surface area contributed by atoms with E-state index in [2.05, 4.69) is 10.4 Å². The topological polar surface area (TPSA) is 85.6 Å². The van der Waals surface area contributed by atoms with E-state index in [9.17, 15) is 9.90 Å². The predicted molar refractivity (Wildman–Crippen MR) is 107 cm³/mol. The molecule has 0 saturated heterocycles. The fraction of sp³-hybridized carbons (Fsp3) is 0.238. The van der Waals surface area contributed by atoms with Crippen LogP contribution < -0.4 is 20.3 Å². The van der Waals surface area contributed by atoms with Crippen LogP contribution >= 0.6 is 0 Å². The third kappa shape index (κ3) is 4.82. The standard InChI is InChI=1S/C21H23N3O4/c1-15-13-16(7-8-18(15)27-2)14-24-21(26)10-9-20(23-24)22-11-12-28-19-6-4-3-5-17(19)25/h3-10,13,25H,11-12,14H2,1-2H3,(H,22,23). The summed E-state index contributed by atoms with van der Waals surface area (Å²) in [5.41, 5.74) is 1.79. The summed E-state index contributed by atoms with van der Waals surface area (Å²) in [4.78, 5) is 12.1. The Bertz CT molecular complexity index is 1000. The zero-order valence-corrected chi connectivity index (χ0v) is 15.9. The van der Waals surface area contributed by atoms with Crippen LogP contribution in [0.1, 0.15) is 11.1 Å². The molecule has 1 heterocycles. The summed E-state index contributed by atoms with van der Waals surface area (Å²) in [6.07, 6.45) is 0. The molecule has 7 heteroatoms. The van der Waals surface area contributed by atoms with E-state index < -0.39 is 0 Å². The summed E-state index contributed by atoms with van der Waals surface area (Å²) < 4.78 is 12.2. The van der Waals surface area contributed by atoms with Gasteiger partial charge >= 0.3 is 0 Å². The zero-order chi connectivity index (χ0) is 19.9. The van der Waals surface area contributed by atoms with Crippen molar-refractivity contribution < 1.29 is 14.6 Å². The number of nitrogens with zero attached hydrogens (tertiary/aromatic N) is 2. The van der Waals surface area contributed by atoms with Crippen molar-refractivity contribution in [3.8, 4) is 17.2 Å². The molecule has 0 bridgehead atoms. The van der Waals surface area contributed by atoms with Crippen molar-refractivity contribution in [2.45, 2.75) is 13.5 Å². The van der Waals surface area contributed by atoms with Crippen molar-refractivity contribution in [3.05, 3.63) is 76.1 Å². The largest absolute Gasteiger partial charge is 0.504 e. The summed E-state index contributed by atoms with van der Waals surface area (Å²) in [7, 11) is 1.63. The summed E-state index contributed by atoms with van der Waals surface area (Å²) in [5.74, 6) is 1.91. The van der Waals surface area contributed by atoms with Gasteiger partial charge in [0, 0.05) is 6.07 Å². The van der Waals surface area contributed by atoms with Crippen LogP contribution in [-0.2, 0) is 6.54 Å². The van der Waals surface area contributed by atoms with Gasteiger partial charge in [0.25, 0.3) is 5.56 Å². The van der Waals surface area contributed by atoms with E-state index in [1.807, 2.05) is 25.1 Å². The van der Waals surface area contributed by atoms with Crippen molar-refractivity contribution in [1.29, 1.82) is 0 Å². The Morgan fingerprint density at radius 2 is 1.93 bits per heavy atom. The number of hydrogen-bond acceptors (Lipinski definition) is 6. The second-order valence-electron chi connectivity index (χ2n) is 6.26. The molecule has 0 atom stereocenters. The number of nitrogens with one attached hydrogen (secondary N) is 1. The number of aryl methyl sites for hydroxylation is 1. The van der Waals surface area contributed by atoms with E-state index in [0.29, 0.717) is 31.3 Å². The zero-order valence-electron chi connectivity index (χ0n) is 15.9. The lowest BCUT2D eigenvalue weighted by molar-refractivity contribution is 0.312. The van der Waals surface area contributed by atoms with Crippen LogP contribution in [0.2, 0.25) is 0 Å². The Hall–Kier alpha value is -3.48. The highest BCUT2D eigenvalue weighted by Gasteiger charge is 2.05. The molecule has 0 radical (unpaired) electrons. The van der Waals surface area contributed by atoms with Crippen LogP contribution in [0.25, 0.3) is 0 Å². The number of hydrogen-bond donors (Lipinski definition) is 2. The normalized spacial score (nSPS) is 10.5. The first-order chi connectivity index (χ1) is 13.6. The quantitative estimate of drug-likeness (QED) is 0.584. The first-order valence-corrected chi connectivity index (χ1v) is 8.93. The number of aromatic hydroxyl groups is 1. The van der Waals surface area contributed by atoms with E-state index in [0.717, 1.165) is 16.9 Å². The number of anilines is 1. The summed E-state index contributed by atoms with van der Waals surface area (Å²) in [6, 6.07) is 15.7. The van der Waals surface area contributed by atoms with Crippen LogP contribution in [0, 0.1) is 6.92 Å². The van der Waals surface area contributed by atoms with Gasteiger partial charge in [-0.1, -0.05) is 24.3 Å². The molecule has 7 nitrogen and oxygen atoms in total. The molecule has 2 aromatic carbocycles. The SMILES string of the molecule is COc1ccc(Cn2nc(NCCOc3ccccc3O)ccc2=O)cc1C. The molecule has 0 fully saturated rings. The molecule has 2 N–H and O–H groups in total. The average molecular weight is 381 g/mol. The van der Waals surface area contributed by atoms with Crippen molar-refractivity contribution >= 4 is 5.82 Å².